The molecular weight excluding hydrogens is 366 g/mol. The van der Waals surface area contributed by atoms with Crippen molar-refractivity contribution in [2.24, 2.45) is 0 Å². The van der Waals surface area contributed by atoms with Gasteiger partial charge in [-0.15, -0.1) is 0 Å². The van der Waals surface area contributed by atoms with Crippen LogP contribution in [0.3, 0.4) is 0 Å². The number of hydrogen-bond acceptors (Lipinski definition) is 1. The second-order valence-corrected chi connectivity index (χ2v) is 4.48. The normalized spacial score (nSPS) is 10.8. The van der Waals surface area contributed by atoms with E-state index in [0.717, 1.165) is 6.08 Å². The van der Waals surface area contributed by atoms with E-state index in [1.54, 1.807) is 0 Å². The highest BCUT2D eigenvalue weighted by Gasteiger charge is 2.04. The Hall–Kier alpha value is -0.430. The number of hydrogen-bond donors (Lipinski definition) is 1. The summed E-state index contributed by atoms with van der Waals surface area (Å²) in [5, 5.41) is 8.41. The lowest BCUT2D eigenvalue weighted by atomic mass is 10.2. The molecule has 0 spiro atoms. The van der Waals surface area contributed by atoms with Gasteiger partial charge in [0.1, 0.15) is 5.82 Å². The van der Waals surface area contributed by atoms with Crippen molar-refractivity contribution >= 4 is 50.6 Å². The van der Waals surface area contributed by atoms with Gasteiger partial charge in [-0.2, -0.15) is 0 Å². The second-order valence-electron chi connectivity index (χ2n) is 2.46. The molecule has 1 rings (SSSR count). The molecule has 1 aromatic rings. The Kier molecular flexibility index (Phi) is 4.06. The molecule has 0 saturated carbocycles. The highest BCUT2D eigenvalue weighted by atomic mass is 127. The van der Waals surface area contributed by atoms with E-state index in [2.05, 4.69) is 15.9 Å². The van der Waals surface area contributed by atoms with Crippen LogP contribution in [0.5, 0.6) is 0 Å². The minimum absolute atomic E-state index is 0.322. The monoisotopic (exact) mass is 370 g/mol. The summed E-state index contributed by atoms with van der Waals surface area (Å²) in [6, 6.07) is 2.88. The summed E-state index contributed by atoms with van der Waals surface area (Å²) in [5.74, 6) is -1.39. The largest absolute Gasteiger partial charge is 0.478 e. The molecule has 0 heterocycles. The molecule has 0 amide bonds. The van der Waals surface area contributed by atoms with Crippen LogP contribution in [0.4, 0.5) is 4.39 Å². The third-order valence-electron chi connectivity index (χ3n) is 1.45. The van der Waals surface area contributed by atoms with Crippen LogP contribution in [-0.2, 0) is 4.79 Å². The molecule has 0 aliphatic rings. The fourth-order valence-electron chi connectivity index (χ4n) is 0.827. The van der Waals surface area contributed by atoms with Gasteiger partial charge < -0.3 is 5.11 Å². The van der Waals surface area contributed by atoms with Crippen LogP contribution in [0.15, 0.2) is 22.7 Å². The Balaban J connectivity index is 3.10. The fraction of sp³-hybridized carbons (Fsp3) is 0. The highest BCUT2D eigenvalue weighted by molar-refractivity contribution is 14.1. The van der Waals surface area contributed by atoms with Crippen molar-refractivity contribution in [2.75, 3.05) is 0 Å². The van der Waals surface area contributed by atoms with E-state index in [1.165, 1.54) is 18.2 Å². The maximum Gasteiger partial charge on any atom is 0.328 e. The first kappa shape index (κ1) is 11.6. The molecule has 1 N–H and O–H groups in total. The molecule has 0 aliphatic heterocycles. The molecule has 0 radical (unpaired) electrons. The van der Waals surface area contributed by atoms with Crippen molar-refractivity contribution in [3.05, 3.63) is 37.6 Å². The van der Waals surface area contributed by atoms with Crippen molar-refractivity contribution in [3.8, 4) is 0 Å². The van der Waals surface area contributed by atoms with Crippen LogP contribution >= 0.6 is 38.5 Å². The van der Waals surface area contributed by atoms with Gasteiger partial charge in [0.05, 0.1) is 4.47 Å². The van der Waals surface area contributed by atoms with Gasteiger partial charge in [-0.1, -0.05) is 0 Å². The minimum Gasteiger partial charge on any atom is -0.478 e. The van der Waals surface area contributed by atoms with Gasteiger partial charge in [-0.05, 0) is 62.3 Å². The van der Waals surface area contributed by atoms with Gasteiger partial charge in [-0.3, -0.25) is 0 Å². The summed E-state index contributed by atoms with van der Waals surface area (Å²) in [6.07, 6.45) is 2.44. The SMILES string of the molecule is O=C(O)/C=C/c1cc(Br)c(F)cc1I. The van der Waals surface area contributed by atoms with E-state index in [4.69, 9.17) is 5.11 Å². The number of aliphatic carboxylic acids is 1. The zero-order valence-corrected chi connectivity index (χ0v) is 10.5. The maximum absolute atomic E-state index is 13.0. The van der Waals surface area contributed by atoms with Gasteiger partial charge in [-0.25, -0.2) is 9.18 Å². The van der Waals surface area contributed by atoms with E-state index in [1.807, 2.05) is 22.6 Å². The Bertz CT molecular complexity index is 404. The van der Waals surface area contributed by atoms with Gasteiger partial charge in [0.15, 0.2) is 0 Å². The van der Waals surface area contributed by atoms with E-state index >= 15 is 0 Å². The molecule has 0 atom stereocenters. The van der Waals surface area contributed by atoms with Crippen molar-refractivity contribution < 1.29 is 14.3 Å². The van der Waals surface area contributed by atoms with Crippen LogP contribution in [0, 0.1) is 9.39 Å². The summed E-state index contributed by atoms with van der Waals surface area (Å²) in [7, 11) is 0. The van der Waals surface area contributed by atoms with E-state index < -0.39 is 5.97 Å². The van der Waals surface area contributed by atoms with Crippen molar-refractivity contribution in [3.63, 3.8) is 0 Å². The Morgan fingerprint density at radius 2 is 2.21 bits per heavy atom. The highest BCUT2D eigenvalue weighted by Crippen LogP contribution is 2.23. The smallest absolute Gasteiger partial charge is 0.328 e. The molecule has 0 unspecified atom stereocenters. The first-order valence-electron chi connectivity index (χ1n) is 3.56. The topological polar surface area (TPSA) is 37.3 Å². The lowest BCUT2D eigenvalue weighted by Crippen LogP contribution is -1.89. The summed E-state index contributed by atoms with van der Waals surface area (Å²) in [5.41, 5.74) is 0.668. The number of carboxylic acids is 1. The van der Waals surface area contributed by atoms with Crippen molar-refractivity contribution in [1.82, 2.24) is 0 Å². The van der Waals surface area contributed by atoms with Crippen molar-refractivity contribution in [1.29, 1.82) is 0 Å². The molecular formula is C9H5BrFIO2. The molecule has 5 heteroatoms. The molecule has 0 bridgehead atoms. The predicted octanol–water partition coefficient (Wildman–Crippen LogP) is 3.29. The van der Waals surface area contributed by atoms with Gasteiger partial charge in [0.2, 0.25) is 0 Å². The van der Waals surface area contributed by atoms with Crippen LogP contribution in [0.25, 0.3) is 6.08 Å². The first-order chi connectivity index (χ1) is 6.50. The average molecular weight is 371 g/mol. The van der Waals surface area contributed by atoms with Gasteiger partial charge >= 0.3 is 5.97 Å². The van der Waals surface area contributed by atoms with E-state index in [0.29, 0.717) is 13.6 Å². The van der Waals surface area contributed by atoms with E-state index in [-0.39, 0.29) is 5.82 Å². The molecule has 2 nitrogen and oxygen atoms in total. The number of benzene rings is 1. The third-order valence-corrected chi connectivity index (χ3v) is 2.99. The predicted molar refractivity (Wildman–Crippen MR) is 63.5 cm³/mol. The molecule has 0 saturated heterocycles. The Labute approximate surface area is 102 Å². The zero-order valence-electron chi connectivity index (χ0n) is 6.80. The van der Waals surface area contributed by atoms with Gasteiger partial charge in [0, 0.05) is 9.65 Å². The molecule has 1 aromatic carbocycles. The summed E-state index contributed by atoms with van der Waals surface area (Å²) < 4.78 is 14.0. The first-order valence-corrected chi connectivity index (χ1v) is 5.43. The zero-order chi connectivity index (χ0) is 10.7. The minimum atomic E-state index is -1.03. The molecule has 0 aromatic heterocycles. The molecule has 74 valence electrons. The van der Waals surface area contributed by atoms with Crippen LogP contribution in [0.2, 0.25) is 0 Å². The van der Waals surface area contributed by atoms with Crippen molar-refractivity contribution in [2.45, 2.75) is 0 Å². The Morgan fingerprint density at radius 3 is 2.79 bits per heavy atom. The summed E-state index contributed by atoms with van der Waals surface area (Å²) in [6.45, 7) is 0. The van der Waals surface area contributed by atoms with Crippen LogP contribution in [0.1, 0.15) is 5.56 Å². The number of carboxylic acid groups (broad SMARTS) is 1. The Morgan fingerprint density at radius 1 is 1.57 bits per heavy atom. The van der Waals surface area contributed by atoms with Crippen LogP contribution < -0.4 is 0 Å². The lowest BCUT2D eigenvalue weighted by Gasteiger charge is -2.00. The standard InChI is InChI=1S/C9H5BrFIO2/c10-6-3-5(1-2-9(13)14)8(12)4-7(6)11/h1-4H,(H,13,14)/b2-1+. The van der Waals surface area contributed by atoms with Crippen LogP contribution in [-0.4, -0.2) is 11.1 Å². The number of halogens is 3. The third kappa shape index (κ3) is 3.06. The lowest BCUT2D eigenvalue weighted by molar-refractivity contribution is -0.131. The number of carbonyl (C=O) groups is 1. The second kappa shape index (κ2) is 4.88. The number of rotatable bonds is 2. The summed E-state index contributed by atoms with van der Waals surface area (Å²) in [4.78, 5) is 10.3. The maximum atomic E-state index is 13.0. The summed E-state index contributed by atoms with van der Waals surface area (Å²) >= 11 is 4.97. The quantitative estimate of drug-likeness (QED) is 0.492. The van der Waals surface area contributed by atoms with Gasteiger partial charge in [0.25, 0.3) is 0 Å². The average Bonchev–Trinajstić information content (AvgIpc) is 2.09. The van der Waals surface area contributed by atoms with E-state index in [9.17, 15) is 9.18 Å². The molecule has 14 heavy (non-hydrogen) atoms. The molecule has 0 aliphatic carbocycles. The molecule has 0 fully saturated rings. The fourth-order valence-corrected chi connectivity index (χ4v) is 1.80.